The molecule has 2 aliphatic carbocycles. The maximum atomic E-state index is 13.1. The molecule has 0 amide bonds. The Hall–Kier alpha value is -1.87. The van der Waals surface area contributed by atoms with Crippen LogP contribution in [0, 0.1) is 23.2 Å². The fourth-order valence-corrected chi connectivity index (χ4v) is 6.41. The summed E-state index contributed by atoms with van der Waals surface area (Å²) in [5.74, 6) is 2.08. The number of hydrogen-bond acceptors (Lipinski definition) is 2. The molecule has 1 aliphatic heterocycles. The van der Waals surface area contributed by atoms with Crippen LogP contribution in [0.4, 0.5) is 4.39 Å². The van der Waals surface area contributed by atoms with Crippen LogP contribution in [0.25, 0.3) is 0 Å². The largest absolute Gasteiger partial charge is 0.388 e. The molecular weight excluding hydrogens is 467 g/mol. The number of piperidine rings is 1. The van der Waals surface area contributed by atoms with Crippen molar-refractivity contribution in [2.45, 2.75) is 92.4 Å². The highest BCUT2D eigenvalue weighted by molar-refractivity contribution is 5.55. The van der Waals surface area contributed by atoms with Gasteiger partial charge < -0.3 is 5.32 Å². The number of likely N-dealkylation sites (tertiary alicyclic amines) is 1. The van der Waals surface area contributed by atoms with Gasteiger partial charge in [0.25, 0.3) is 0 Å². The first-order valence-electron chi connectivity index (χ1n) is 15.5. The molecule has 0 aromatic heterocycles. The molecule has 3 heteroatoms. The molecule has 0 saturated carbocycles. The highest BCUT2D eigenvalue weighted by Crippen LogP contribution is 2.47. The van der Waals surface area contributed by atoms with Gasteiger partial charge in [-0.2, -0.15) is 0 Å². The molecule has 1 fully saturated rings. The Morgan fingerprint density at radius 1 is 1.21 bits per heavy atom. The van der Waals surface area contributed by atoms with Crippen LogP contribution >= 0.6 is 0 Å². The van der Waals surface area contributed by atoms with E-state index in [2.05, 4.69) is 81.8 Å². The van der Waals surface area contributed by atoms with Gasteiger partial charge in [-0.25, -0.2) is 4.39 Å². The van der Waals surface area contributed by atoms with Crippen LogP contribution in [-0.2, 0) is 0 Å². The molecule has 1 saturated heterocycles. The van der Waals surface area contributed by atoms with E-state index < -0.39 is 0 Å². The predicted molar refractivity (Wildman–Crippen MR) is 164 cm³/mol. The fourth-order valence-electron chi connectivity index (χ4n) is 6.41. The Kier molecular flexibility index (Phi) is 12.2. The second-order valence-electron chi connectivity index (χ2n) is 12.5. The van der Waals surface area contributed by atoms with Crippen molar-refractivity contribution in [3.8, 4) is 0 Å². The van der Waals surface area contributed by atoms with Gasteiger partial charge in [-0.15, -0.1) is 0 Å². The lowest BCUT2D eigenvalue weighted by molar-refractivity contribution is 0.226. The van der Waals surface area contributed by atoms with Crippen molar-refractivity contribution in [1.82, 2.24) is 10.2 Å². The topological polar surface area (TPSA) is 15.3 Å². The molecule has 1 heterocycles. The zero-order valence-electron chi connectivity index (χ0n) is 25.1. The highest BCUT2D eigenvalue weighted by atomic mass is 19.1. The fraction of sp³-hybridized carbons (Fsp3) is 0.657. The maximum Gasteiger partial charge on any atom is 0.102 e. The number of halogens is 1. The van der Waals surface area contributed by atoms with Crippen LogP contribution in [0.5, 0.6) is 0 Å². The standard InChI is InChI=1S/C35H55FN2/c1-7-28(14-12-10-11-13-27(4)5)25-37-32(9-3)23-31-24-35(6,19-17-29(31)8-2)34-16-15-30-18-21-38(22-20-36)26-33(30)34/h8,15-17,23-24,27-28,30,37H,2,7,9-14,18-22,25-26H2,1,3-6H3/b32-23+/t28?,30?,35-/m1/s1. The van der Waals surface area contributed by atoms with Gasteiger partial charge in [0.05, 0.1) is 0 Å². The number of unbranched alkanes of at least 4 members (excludes halogenated alkanes) is 2. The zero-order valence-corrected chi connectivity index (χ0v) is 25.1. The van der Waals surface area contributed by atoms with E-state index in [0.29, 0.717) is 12.5 Å². The minimum Gasteiger partial charge on any atom is -0.388 e. The predicted octanol–water partition coefficient (Wildman–Crippen LogP) is 9.11. The van der Waals surface area contributed by atoms with Crippen molar-refractivity contribution in [2.75, 3.05) is 32.9 Å². The second-order valence-corrected chi connectivity index (χ2v) is 12.5. The van der Waals surface area contributed by atoms with E-state index in [0.717, 1.165) is 50.7 Å². The first-order chi connectivity index (χ1) is 18.3. The van der Waals surface area contributed by atoms with Gasteiger partial charge in [0.15, 0.2) is 0 Å². The lowest BCUT2D eigenvalue weighted by atomic mass is 9.71. The van der Waals surface area contributed by atoms with E-state index in [4.69, 9.17) is 0 Å². The van der Waals surface area contributed by atoms with Gasteiger partial charge in [0.1, 0.15) is 6.67 Å². The van der Waals surface area contributed by atoms with Crippen molar-refractivity contribution in [1.29, 1.82) is 0 Å². The van der Waals surface area contributed by atoms with E-state index in [1.165, 1.54) is 66.5 Å². The van der Waals surface area contributed by atoms with Crippen LogP contribution in [0.2, 0.25) is 0 Å². The van der Waals surface area contributed by atoms with Crippen LogP contribution in [0.1, 0.15) is 92.4 Å². The van der Waals surface area contributed by atoms with E-state index >= 15 is 0 Å². The summed E-state index contributed by atoms with van der Waals surface area (Å²) in [7, 11) is 0. The van der Waals surface area contributed by atoms with Crippen LogP contribution in [-0.4, -0.2) is 37.8 Å². The van der Waals surface area contributed by atoms with Gasteiger partial charge in [-0.05, 0) is 72.4 Å². The second kappa shape index (κ2) is 15.1. The average Bonchev–Trinajstić information content (AvgIpc) is 3.34. The summed E-state index contributed by atoms with van der Waals surface area (Å²) in [6.07, 6.45) is 25.1. The minimum atomic E-state index is -0.262. The van der Waals surface area contributed by atoms with E-state index in [1.54, 1.807) is 0 Å². The lowest BCUT2D eigenvalue weighted by Crippen LogP contribution is -2.37. The summed E-state index contributed by atoms with van der Waals surface area (Å²) < 4.78 is 13.1. The third-order valence-electron chi connectivity index (χ3n) is 9.03. The zero-order chi connectivity index (χ0) is 27.5. The van der Waals surface area contributed by atoms with E-state index in [9.17, 15) is 4.39 Å². The number of allylic oxidation sites excluding steroid dienone is 10. The van der Waals surface area contributed by atoms with Gasteiger partial charge in [0, 0.05) is 36.7 Å². The Labute approximate surface area is 233 Å². The first-order valence-corrected chi connectivity index (χ1v) is 15.5. The van der Waals surface area contributed by atoms with Crippen LogP contribution in [0.15, 0.2) is 71.0 Å². The average molecular weight is 523 g/mol. The summed E-state index contributed by atoms with van der Waals surface area (Å²) >= 11 is 0. The quantitative estimate of drug-likeness (QED) is 0.203. The van der Waals surface area contributed by atoms with Crippen molar-refractivity contribution < 1.29 is 4.39 Å². The normalized spacial score (nSPS) is 24.9. The Morgan fingerprint density at radius 3 is 2.68 bits per heavy atom. The van der Waals surface area contributed by atoms with Crippen LogP contribution in [0.3, 0.4) is 0 Å². The van der Waals surface area contributed by atoms with Crippen molar-refractivity contribution in [3.05, 3.63) is 71.0 Å². The molecule has 0 spiro atoms. The summed E-state index contributed by atoms with van der Waals surface area (Å²) in [5, 5.41) is 3.82. The molecule has 0 radical (unpaired) electrons. The van der Waals surface area contributed by atoms with Gasteiger partial charge in [0.2, 0.25) is 0 Å². The molecule has 38 heavy (non-hydrogen) atoms. The number of nitrogens with one attached hydrogen (secondary N) is 1. The van der Waals surface area contributed by atoms with Gasteiger partial charge >= 0.3 is 0 Å². The number of rotatable bonds is 16. The summed E-state index contributed by atoms with van der Waals surface area (Å²) in [6.45, 7) is 19.0. The Bertz CT molecular complexity index is 934. The molecular formula is C35H55FN2. The minimum absolute atomic E-state index is 0.0432. The molecule has 3 atom stereocenters. The number of hydrogen-bond donors (Lipinski definition) is 1. The SMILES string of the molecule is C=CC1=CC[C@@](C)(C2=C3CN(CCF)CCC3C=C2)C=C1/C=C(\CC)NCC(CC)CCCCCC(C)C. The summed E-state index contributed by atoms with van der Waals surface area (Å²) in [4.78, 5) is 2.29. The monoisotopic (exact) mass is 522 g/mol. The molecule has 0 bridgehead atoms. The first kappa shape index (κ1) is 30.7. The molecule has 0 aromatic rings. The Balaban J connectivity index is 1.71. The molecule has 0 aromatic carbocycles. The smallest absolute Gasteiger partial charge is 0.102 e. The molecule has 2 nitrogen and oxygen atoms in total. The third-order valence-corrected chi connectivity index (χ3v) is 9.03. The van der Waals surface area contributed by atoms with E-state index in [1.807, 2.05) is 6.08 Å². The number of alkyl halides is 1. The van der Waals surface area contributed by atoms with Gasteiger partial charge in [-0.1, -0.05) is 104 Å². The van der Waals surface area contributed by atoms with E-state index in [-0.39, 0.29) is 12.1 Å². The van der Waals surface area contributed by atoms with Crippen molar-refractivity contribution in [2.24, 2.45) is 23.2 Å². The Morgan fingerprint density at radius 2 is 2.00 bits per heavy atom. The number of nitrogens with zero attached hydrogens (tertiary/aromatic N) is 1. The maximum absolute atomic E-state index is 13.1. The third kappa shape index (κ3) is 8.31. The molecule has 2 unspecified atom stereocenters. The number of fused-ring (bicyclic) bond motifs is 1. The highest BCUT2D eigenvalue weighted by Gasteiger charge is 2.36. The molecule has 3 rings (SSSR count). The van der Waals surface area contributed by atoms with Crippen LogP contribution < -0.4 is 5.32 Å². The molecule has 212 valence electrons. The molecule has 3 aliphatic rings. The van der Waals surface area contributed by atoms with Crippen molar-refractivity contribution >= 4 is 0 Å². The lowest BCUT2D eigenvalue weighted by Gasteiger charge is -2.36. The van der Waals surface area contributed by atoms with Crippen molar-refractivity contribution in [3.63, 3.8) is 0 Å². The van der Waals surface area contributed by atoms with Gasteiger partial charge in [-0.3, -0.25) is 4.90 Å². The molecule has 1 N–H and O–H groups in total. The summed E-state index contributed by atoms with van der Waals surface area (Å²) in [6, 6.07) is 0. The summed E-state index contributed by atoms with van der Waals surface area (Å²) in [5.41, 5.74) is 6.75.